The maximum Gasteiger partial charge on any atom is 0.453 e. The molecule has 1 N–H and O–H groups in total. The first-order chi connectivity index (χ1) is 15.1. The number of benzene rings is 1. The molecule has 0 fully saturated rings. The summed E-state index contributed by atoms with van der Waals surface area (Å²) in [5.41, 5.74) is 1.75. The lowest BCUT2D eigenvalue weighted by molar-refractivity contribution is -0.144. The van der Waals surface area contributed by atoms with E-state index in [2.05, 4.69) is 35.9 Å². The molecule has 14 heteroatoms. The number of anilines is 1. The van der Waals surface area contributed by atoms with Crippen molar-refractivity contribution in [3.8, 4) is 5.69 Å². The van der Waals surface area contributed by atoms with Gasteiger partial charge in [0.15, 0.2) is 0 Å². The summed E-state index contributed by atoms with van der Waals surface area (Å²) in [5, 5.41) is 16.7. The normalized spacial score (nSPS) is 11.8. The summed E-state index contributed by atoms with van der Waals surface area (Å²) in [6.45, 7) is 3.18. The van der Waals surface area contributed by atoms with Crippen molar-refractivity contribution in [1.82, 2.24) is 39.8 Å². The van der Waals surface area contributed by atoms with Gasteiger partial charge in [0.25, 0.3) is 11.6 Å². The van der Waals surface area contributed by atoms with Crippen LogP contribution >= 0.6 is 0 Å². The highest BCUT2D eigenvalue weighted by Gasteiger charge is 2.37. The van der Waals surface area contributed by atoms with E-state index in [1.54, 1.807) is 13.8 Å². The molecule has 0 atom stereocenters. The van der Waals surface area contributed by atoms with Crippen LogP contribution in [-0.4, -0.2) is 45.7 Å². The van der Waals surface area contributed by atoms with Gasteiger partial charge in [-0.05, 0) is 54.5 Å². The van der Waals surface area contributed by atoms with Crippen molar-refractivity contribution in [3.63, 3.8) is 0 Å². The van der Waals surface area contributed by atoms with E-state index < -0.39 is 23.7 Å². The monoisotopic (exact) mass is 449 g/mol. The predicted molar refractivity (Wildman–Crippen MR) is 101 cm³/mol. The first kappa shape index (κ1) is 21.3. The SMILES string of the molecule is Cc1nc2nc(C(F)(F)F)nn2c(C)c1CCC(=O)Nc1cc(-n2cnnn2)ccc1F. The number of tetrazole rings is 1. The number of aryl methyl sites for hydroxylation is 2. The van der Waals surface area contributed by atoms with Gasteiger partial charge < -0.3 is 5.32 Å². The number of nitrogens with one attached hydrogen (secondary N) is 1. The lowest BCUT2D eigenvalue weighted by Crippen LogP contribution is -2.15. The number of alkyl halides is 3. The molecule has 0 spiro atoms. The average molecular weight is 449 g/mol. The molecule has 166 valence electrons. The number of fused-ring (bicyclic) bond motifs is 1. The number of hydrogen-bond donors (Lipinski definition) is 1. The smallest absolute Gasteiger partial charge is 0.324 e. The number of carbonyl (C=O) groups is 1. The Morgan fingerprint density at radius 2 is 1.97 bits per heavy atom. The van der Waals surface area contributed by atoms with Gasteiger partial charge in [-0.15, -0.1) is 10.2 Å². The second kappa shape index (κ2) is 7.94. The van der Waals surface area contributed by atoms with Gasteiger partial charge in [-0.2, -0.15) is 18.2 Å². The zero-order chi connectivity index (χ0) is 23.0. The van der Waals surface area contributed by atoms with E-state index in [4.69, 9.17) is 0 Å². The molecule has 0 saturated carbocycles. The summed E-state index contributed by atoms with van der Waals surface area (Å²) in [7, 11) is 0. The zero-order valence-electron chi connectivity index (χ0n) is 16.7. The van der Waals surface area contributed by atoms with Crippen LogP contribution in [0.2, 0.25) is 0 Å². The molecule has 0 aliphatic rings. The average Bonchev–Trinajstić information content (AvgIpc) is 3.39. The van der Waals surface area contributed by atoms with Crippen LogP contribution in [0.5, 0.6) is 0 Å². The van der Waals surface area contributed by atoms with Crippen LogP contribution in [0.15, 0.2) is 24.5 Å². The van der Waals surface area contributed by atoms with Gasteiger partial charge in [-0.25, -0.2) is 18.6 Å². The second-order valence-electron chi connectivity index (χ2n) is 6.87. The number of nitrogens with zero attached hydrogens (tertiary/aromatic N) is 8. The predicted octanol–water partition coefficient (Wildman–Crippen LogP) is 2.45. The number of amides is 1. The molecule has 0 saturated heterocycles. The van der Waals surface area contributed by atoms with Crippen LogP contribution in [0, 0.1) is 19.7 Å². The zero-order valence-corrected chi connectivity index (χ0v) is 16.7. The molecule has 4 rings (SSSR count). The summed E-state index contributed by atoms with van der Waals surface area (Å²) in [5.74, 6) is -2.61. The van der Waals surface area contributed by atoms with Crippen LogP contribution in [0.1, 0.15) is 29.2 Å². The minimum Gasteiger partial charge on any atom is -0.324 e. The number of halogens is 4. The fraction of sp³-hybridized carbons (Fsp3) is 0.278. The maximum absolute atomic E-state index is 14.1. The van der Waals surface area contributed by atoms with Crippen molar-refractivity contribution >= 4 is 17.4 Å². The number of carbonyl (C=O) groups excluding carboxylic acids is 1. The Morgan fingerprint density at radius 3 is 2.66 bits per heavy atom. The lowest BCUT2D eigenvalue weighted by Gasteiger charge is -2.11. The van der Waals surface area contributed by atoms with Crippen LogP contribution in [0.3, 0.4) is 0 Å². The Morgan fingerprint density at radius 1 is 1.19 bits per heavy atom. The fourth-order valence-corrected chi connectivity index (χ4v) is 3.17. The molecule has 0 radical (unpaired) electrons. The third kappa shape index (κ3) is 4.10. The van der Waals surface area contributed by atoms with E-state index in [0.717, 1.165) is 4.52 Å². The van der Waals surface area contributed by atoms with E-state index >= 15 is 0 Å². The third-order valence-corrected chi connectivity index (χ3v) is 4.74. The Labute approximate surface area is 177 Å². The standard InChI is InChI=1S/C18H15F4N9O/c1-9-12(10(2)31-17(24-9)26-16(27-31)18(20,21)22)4-6-15(32)25-14-7-11(3-5-13(14)19)30-8-23-28-29-30/h3,5,7-8H,4,6H2,1-2H3,(H,25,32). The Kier molecular flexibility index (Phi) is 5.28. The summed E-state index contributed by atoms with van der Waals surface area (Å²) in [6.07, 6.45) is -3.29. The van der Waals surface area contributed by atoms with Crippen LogP contribution in [-0.2, 0) is 17.4 Å². The van der Waals surface area contributed by atoms with Gasteiger partial charge in [0.05, 0.1) is 11.4 Å². The summed E-state index contributed by atoms with van der Waals surface area (Å²) >= 11 is 0. The fourth-order valence-electron chi connectivity index (χ4n) is 3.17. The maximum atomic E-state index is 14.1. The number of aromatic nitrogens is 8. The van der Waals surface area contributed by atoms with E-state index in [1.807, 2.05) is 0 Å². The molecule has 0 bridgehead atoms. The molecule has 0 aliphatic heterocycles. The Hall–Kier alpha value is -3.97. The van der Waals surface area contributed by atoms with E-state index in [1.165, 1.54) is 29.2 Å². The molecule has 4 aromatic rings. The van der Waals surface area contributed by atoms with Crippen molar-refractivity contribution < 1.29 is 22.4 Å². The topological polar surface area (TPSA) is 116 Å². The van der Waals surface area contributed by atoms with Gasteiger partial charge in [-0.3, -0.25) is 4.79 Å². The van der Waals surface area contributed by atoms with Gasteiger partial charge in [0.2, 0.25) is 5.91 Å². The van der Waals surface area contributed by atoms with Crippen molar-refractivity contribution in [2.45, 2.75) is 32.9 Å². The molecule has 3 heterocycles. The Balaban J connectivity index is 1.51. The number of rotatable bonds is 5. The van der Waals surface area contributed by atoms with Crippen LogP contribution in [0.25, 0.3) is 11.5 Å². The van der Waals surface area contributed by atoms with Crippen molar-refractivity contribution in [1.29, 1.82) is 0 Å². The molecule has 32 heavy (non-hydrogen) atoms. The summed E-state index contributed by atoms with van der Waals surface area (Å²) in [6, 6.07) is 3.99. The first-order valence-electron chi connectivity index (χ1n) is 9.26. The third-order valence-electron chi connectivity index (χ3n) is 4.74. The van der Waals surface area contributed by atoms with Gasteiger partial charge in [-0.1, -0.05) is 0 Å². The lowest BCUT2D eigenvalue weighted by atomic mass is 10.1. The molecule has 1 amide bonds. The minimum absolute atomic E-state index is 0.0592. The van der Waals surface area contributed by atoms with E-state index in [9.17, 15) is 22.4 Å². The van der Waals surface area contributed by atoms with E-state index in [-0.39, 0.29) is 24.3 Å². The van der Waals surface area contributed by atoms with Gasteiger partial charge in [0, 0.05) is 17.8 Å². The highest BCUT2D eigenvalue weighted by molar-refractivity contribution is 5.91. The van der Waals surface area contributed by atoms with Crippen LogP contribution in [0.4, 0.5) is 23.2 Å². The summed E-state index contributed by atoms with van der Waals surface area (Å²) < 4.78 is 55.2. The quantitative estimate of drug-likeness (QED) is 0.465. The molecular weight excluding hydrogens is 434 g/mol. The van der Waals surface area contributed by atoms with Crippen molar-refractivity contribution in [2.24, 2.45) is 0 Å². The molecule has 1 aromatic carbocycles. The largest absolute Gasteiger partial charge is 0.453 e. The molecule has 0 aliphatic carbocycles. The highest BCUT2D eigenvalue weighted by Crippen LogP contribution is 2.27. The summed E-state index contributed by atoms with van der Waals surface area (Å²) in [4.78, 5) is 19.9. The molecular formula is C18H15F4N9O. The first-order valence-corrected chi connectivity index (χ1v) is 9.26. The number of hydrogen-bond acceptors (Lipinski definition) is 7. The minimum atomic E-state index is -4.70. The second-order valence-corrected chi connectivity index (χ2v) is 6.87. The Bertz CT molecular complexity index is 1300. The molecule has 3 aromatic heterocycles. The highest BCUT2D eigenvalue weighted by atomic mass is 19.4. The van der Waals surface area contributed by atoms with E-state index in [0.29, 0.717) is 22.6 Å². The van der Waals surface area contributed by atoms with Crippen molar-refractivity contribution in [2.75, 3.05) is 5.32 Å². The van der Waals surface area contributed by atoms with Gasteiger partial charge >= 0.3 is 6.18 Å². The molecule has 0 unspecified atom stereocenters. The van der Waals surface area contributed by atoms with Gasteiger partial charge in [0.1, 0.15) is 12.1 Å². The van der Waals surface area contributed by atoms with Crippen LogP contribution < -0.4 is 5.32 Å². The van der Waals surface area contributed by atoms with Crippen molar-refractivity contribution in [3.05, 3.63) is 53.1 Å². The molecule has 10 nitrogen and oxygen atoms in total.